The van der Waals surface area contributed by atoms with Crippen LogP contribution < -0.4 is 0 Å². The molecule has 0 radical (unpaired) electrons. The number of hydrogen-bond acceptors (Lipinski definition) is 3. The molecule has 2 heterocycles. The lowest BCUT2D eigenvalue weighted by molar-refractivity contribution is -0.141. The fourth-order valence-corrected chi connectivity index (χ4v) is 2.81. The van der Waals surface area contributed by atoms with E-state index in [1.807, 2.05) is 12.1 Å². The van der Waals surface area contributed by atoms with Crippen LogP contribution in [0.25, 0.3) is 11.1 Å². The second-order valence-corrected chi connectivity index (χ2v) is 5.98. The number of likely N-dealkylation sites (tertiary alicyclic amines) is 1. The van der Waals surface area contributed by atoms with E-state index in [1.54, 1.807) is 29.3 Å². The Morgan fingerprint density at radius 3 is 2.57 bits per heavy atom. The summed E-state index contributed by atoms with van der Waals surface area (Å²) in [6.07, 6.45) is 3.69. The molecule has 2 aromatic rings. The molecular weight excluding hydrogens is 316 g/mol. The minimum absolute atomic E-state index is 0.183. The number of aliphatic carboxylic acids is 1. The van der Waals surface area contributed by atoms with Gasteiger partial charge in [0.05, 0.1) is 11.5 Å². The zero-order chi connectivity index (χ0) is 16.4. The van der Waals surface area contributed by atoms with E-state index in [1.165, 1.54) is 6.20 Å². The Morgan fingerprint density at radius 2 is 1.91 bits per heavy atom. The van der Waals surface area contributed by atoms with Gasteiger partial charge in [-0.15, -0.1) is 0 Å². The normalized spacial score (nSPS) is 17.3. The SMILES string of the molecule is O=C(O)[C@H]1CCN(C(=O)c2cncc(-c3ccc(Cl)cc3)c2)C1. The molecule has 1 aliphatic rings. The number of nitrogens with zero attached hydrogens (tertiary/aromatic N) is 2. The molecule has 1 aromatic heterocycles. The van der Waals surface area contributed by atoms with E-state index in [0.717, 1.165) is 11.1 Å². The van der Waals surface area contributed by atoms with Crippen LogP contribution in [0.2, 0.25) is 5.02 Å². The third-order valence-corrected chi connectivity index (χ3v) is 4.24. The van der Waals surface area contributed by atoms with Crippen LogP contribution in [0.15, 0.2) is 42.7 Å². The molecule has 1 N–H and O–H groups in total. The molecule has 0 bridgehead atoms. The summed E-state index contributed by atoms with van der Waals surface area (Å²) in [5.41, 5.74) is 2.20. The minimum atomic E-state index is -0.853. The van der Waals surface area contributed by atoms with Crippen molar-refractivity contribution in [2.24, 2.45) is 5.92 Å². The van der Waals surface area contributed by atoms with Crippen LogP contribution in [0.5, 0.6) is 0 Å². The molecule has 0 spiro atoms. The largest absolute Gasteiger partial charge is 0.481 e. The first-order valence-corrected chi connectivity index (χ1v) is 7.65. The number of pyridine rings is 1. The number of rotatable bonds is 3. The summed E-state index contributed by atoms with van der Waals surface area (Å²) in [6, 6.07) is 9.06. The third kappa shape index (κ3) is 3.35. The van der Waals surface area contributed by atoms with Crippen LogP contribution in [-0.4, -0.2) is 40.0 Å². The monoisotopic (exact) mass is 330 g/mol. The maximum Gasteiger partial charge on any atom is 0.308 e. The molecule has 1 aliphatic heterocycles. The first-order valence-electron chi connectivity index (χ1n) is 7.27. The van der Waals surface area contributed by atoms with Gasteiger partial charge in [0.2, 0.25) is 0 Å². The molecule has 1 fully saturated rings. The lowest BCUT2D eigenvalue weighted by Gasteiger charge is -2.16. The van der Waals surface area contributed by atoms with Gasteiger partial charge in [0, 0.05) is 36.1 Å². The highest BCUT2D eigenvalue weighted by atomic mass is 35.5. The van der Waals surface area contributed by atoms with Crippen molar-refractivity contribution in [2.45, 2.75) is 6.42 Å². The Bertz CT molecular complexity index is 746. The molecule has 1 saturated heterocycles. The molecule has 118 valence electrons. The van der Waals surface area contributed by atoms with Crippen LogP contribution in [0.3, 0.4) is 0 Å². The van der Waals surface area contributed by atoms with Crippen LogP contribution in [0.4, 0.5) is 0 Å². The molecule has 1 amide bonds. The Morgan fingerprint density at radius 1 is 1.17 bits per heavy atom. The molecule has 5 nitrogen and oxygen atoms in total. The highest BCUT2D eigenvalue weighted by Crippen LogP contribution is 2.23. The topological polar surface area (TPSA) is 70.5 Å². The first-order chi connectivity index (χ1) is 11.0. The van der Waals surface area contributed by atoms with Gasteiger partial charge in [0.1, 0.15) is 0 Å². The smallest absolute Gasteiger partial charge is 0.308 e. The number of halogens is 1. The van der Waals surface area contributed by atoms with Crippen LogP contribution >= 0.6 is 11.6 Å². The number of carboxylic acids is 1. The number of amides is 1. The summed E-state index contributed by atoms with van der Waals surface area (Å²) < 4.78 is 0. The Hall–Kier alpha value is -2.40. The molecule has 3 rings (SSSR count). The summed E-state index contributed by atoms with van der Waals surface area (Å²) in [6.45, 7) is 0.709. The Labute approximate surface area is 138 Å². The summed E-state index contributed by atoms with van der Waals surface area (Å²) in [4.78, 5) is 29.2. The van der Waals surface area contributed by atoms with E-state index >= 15 is 0 Å². The number of benzene rings is 1. The summed E-state index contributed by atoms with van der Waals surface area (Å²) >= 11 is 5.88. The number of carbonyl (C=O) groups is 2. The van der Waals surface area contributed by atoms with Gasteiger partial charge in [-0.3, -0.25) is 14.6 Å². The van der Waals surface area contributed by atoms with E-state index in [9.17, 15) is 9.59 Å². The van der Waals surface area contributed by atoms with Crippen LogP contribution in [-0.2, 0) is 4.79 Å². The quantitative estimate of drug-likeness (QED) is 0.939. The van der Waals surface area contributed by atoms with Crippen molar-refractivity contribution in [3.05, 3.63) is 53.3 Å². The molecule has 0 unspecified atom stereocenters. The van der Waals surface area contributed by atoms with E-state index < -0.39 is 11.9 Å². The average molecular weight is 331 g/mol. The average Bonchev–Trinajstić information content (AvgIpc) is 3.05. The maximum absolute atomic E-state index is 12.5. The van der Waals surface area contributed by atoms with Gasteiger partial charge in [0.25, 0.3) is 5.91 Å². The summed E-state index contributed by atoms with van der Waals surface area (Å²) in [5.74, 6) is -1.52. The minimum Gasteiger partial charge on any atom is -0.481 e. The van der Waals surface area contributed by atoms with Crippen molar-refractivity contribution in [1.82, 2.24) is 9.88 Å². The molecule has 23 heavy (non-hydrogen) atoms. The summed E-state index contributed by atoms with van der Waals surface area (Å²) in [5, 5.41) is 9.68. The Balaban J connectivity index is 1.81. The number of aromatic nitrogens is 1. The molecule has 0 saturated carbocycles. The van der Waals surface area contributed by atoms with Gasteiger partial charge in [-0.1, -0.05) is 23.7 Å². The fraction of sp³-hybridized carbons (Fsp3) is 0.235. The van der Waals surface area contributed by atoms with Gasteiger partial charge in [-0.25, -0.2) is 0 Å². The van der Waals surface area contributed by atoms with E-state index in [0.29, 0.717) is 23.6 Å². The van der Waals surface area contributed by atoms with Crippen molar-refractivity contribution in [2.75, 3.05) is 13.1 Å². The predicted molar refractivity (Wildman–Crippen MR) is 86.3 cm³/mol. The second kappa shape index (κ2) is 6.38. The molecular formula is C17H15ClN2O3. The second-order valence-electron chi connectivity index (χ2n) is 5.54. The lowest BCUT2D eigenvalue weighted by Crippen LogP contribution is -2.30. The Kier molecular flexibility index (Phi) is 4.30. The van der Waals surface area contributed by atoms with Gasteiger partial charge >= 0.3 is 5.97 Å². The number of hydrogen-bond donors (Lipinski definition) is 1. The van der Waals surface area contributed by atoms with Crippen LogP contribution in [0, 0.1) is 5.92 Å². The van der Waals surface area contributed by atoms with Crippen molar-refractivity contribution in [3.8, 4) is 11.1 Å². The molecule has 0 aliphatic carbocycles. The number of carboxylic acid groups (broad SMARTS) is 1. The molecule has 1 aromatic carbocycles. The highest BCUT2D eigenvalue weighted by molar-refractivity contribution is 6.30. The lowest BCUT2D eigenvalue weighted by atomic mass is 10.1. The van der Waals surface area contributed by atoms with E-state index in [-0.39, 0.29) is 12.5 Å². The van der Waals surface area contributed by atoms with E-state index in [2.05, 4.69) is 4.98 Å². The van der Waals surface area contributed by atoms with Crippen molar-refractivity contribution < 1.29 is 14.7 Å². The number of carbonyl (C=O) groups excluding carboxylic acids is 1. The maximum atomic E-state index is 12.5. The standard InChI is InChI=1S/C17H15ClN2O3/c18-15-3-1-11(2-4-15)13-7-14(9-19-8-13)16(21)20-6-5-12(10-20)17(22)23/h1-4,7-9,12H,5-6,10H2,(H,22,23)/t12-/m0/s1. The fourth-order valence-electron chi connectivity index (χ4n) is 2.69. The first kappa shape index (κ1) is 15.5. The predicted octanol–water partition coefficient (Wildman–Crippen LogP) is 2.95. The highest BCUT2D eigenvalue weighted by Gasteiger charge is 2.31. The zero-order valence-corrected chi connectivity index (χ0v) is 13.0. The van der Waals surface area contributed by atoms with E-state index in [4.69, 9.17) is 16.7 Å². The molecule has 1 atom stereocenters. The summed E-state index contributed by atoms with van der Waals surface area (Å²) in [7, 11) is 0. The van der Waals surface area contributed by atoms with Crippen molar-refractivity contribution in [1.29, 1.82) is 0 Å². The van der Waals surface area contributed by atoms with Gasteiger partial charge in [0.15, 0.2) is 0 Å². The molecule has 6 heteroatoms. The van der Waals surface area contributed by atoms with Crippen molar-refractivity contribution >= 4 is 23.5 Å². The van der Waals surface area contributed by atoms with Crippen molar-refractivity contribution in [3.63, 3.8) is 0 Å². The zero-order valence-electron chi connectivity index (χ0n) is 12.3. The van der Waals surface area contributed by atoms with Gasteiger partial charge in [-0.05, 0) is 30.2 Å². The van der Waals surface area contributed by atoms with Gasteiger partial charge < -0.3 is 10.0 Å². The van der Waals surface area contributed by atoms with Crippen LogP contribution in [0.1, 0.15) is 16.8 Å². The third-order valence-electron chi connectivity index (χ3n) is 3.99. The van der Waals surface area contributed by atoms with Gasteiger partial charge in [-0.2, -0.15) is 0 Å².